The lowest BCUT2D eigenvalue weighted by Crippen LogP contribution is -2.49. The topological polar surface area (TPSA) is 66.5 Å². The molecule has 1 N–H and O–H groups in total. The smallest absolute Gasteiger partial charge is 0.243 e. The number of allylic oxidation sites excluding steroid dienone is 1. The predicted octanol–water partition coefficient (Wildman–Crippen LogP) is 4.54. The van der Waals surface area contributed by atoms with Crippen LogP contribution in [0.5, 0.6) is 0 Å². The van der Waals surface area contributed by atoms with E-state index in [9.17, 15) is 13.2 Å². The quantitative estimate of drug-likeness (QED) is 0.612. The van der Waals surface area contributed by atoms with Crippen LogP contribution in [-0.4, -0.2) is 33.2 Å². The van der Waals surface area contributed by atoms with Crippen molar-refractivity contribution in [1.29, 1.82) is 0 Å². The number of nitrogens with zero attached hydrogens (tertiary/aromatic N) is 1. The molecule has 1 atom stereocenters. The van der Waals surface area contributed by atoms with Crippen molar-refractivity contribution >= 4 is 44.8 Å². The average molecular weight is 433 g/mol. The van der Waals surface area contributed by atoms with E-state index in [2.05, 4.69) is 11.4 Å². The van der Waals surface area contributed by atoms with Gasteiger partial charge in [0, 0.05) is 11.6 Å². The first-order valence-corrected chi connectivity index (χ1v) is 11.7. The molecule has 2 rings (SSSR count). The molecule has 0 aromatic heterocycles. The van der Waals surface area contributed by atoms with Gasteiger partial charge in [-0.25, -0.2) is 8.42 Å². The highest BCUT2D eigenvalue weighted by atomic mass is 35.5. The predicted molar refractivity (Wildman–Crippen MR) is 112 cm³/mol. The molecule has 5 nitrogen and oxygen atoms in total. The lowest BCUT2D eigenvalue weighted by Gasteiger charge is -2.31. The Bertz CT molecular complexity index is 809. The summed E-state index contributed by atoms with van der Waals surface area (Å²) in [7, 11) is -3.74. The summed E-state index contributed by atoms with van der Waals surface area (Å²) in [6.07, 6.45) is 8.97. The van der Waals surface area contributed by atoms with Gasteiger partial charge in [0.05, 0.1) is 17.0 Å². The Kier molecular flexibility index (Phi) is 8.01. The molecule has 0 heterocycles. The summed E-state index contributed by atoms with van der Waals surface area (Å²) in [4.78, 5) is 12.8. The fraction of sp³-hybridized carbons (Fsp3) is 0.526. The maximum atomic E-state index is 12.8. The van der Waals surface area contributed by atoms with Crippen LogP contribution in [0.15, 0.2) is 29.8 Å². The van der Waals surface area contributed by atoms with Gasteiger partial charge in [-0.1, -0.05) is 41.8 Å². The number of sulfonamides is 1. The molecule has 8 heteroatoms. The minimum absolute atomic E-state index is 0.212. The number of anilines is 1. The lowest BCUT2D eigenvalue weighted by atomic mass is 9.97. The van der Waals surface area contributed by atoms with Crippen molar-refractivity contribution in [3.8, 4) is 0 Å². The van der Waals surface area contributed by atoms with E-state index in [0.717, 1.165) is 29.8 Å². The van der Waals surface area contributed by atoms with Gasteiger partial charge in [-0.3, -0.25) is 9.10 Å². The zero-order valence-electron chi connectivity index (χ0n) is 15.7. The van der Waals surface area contributed by atoms with E-state index in [0.29, 0.717) is 18.0 Å². The molecule has 1 aromatic rings. The zero-order valence-corrected chi connectivity index (χ0v) is 18.0. The Labute approximate surface area is 171 Å². The highest BCUT2D eigenvalue weighted by molar-refractivity contribution is 7.92. The first-order chi connectivity index (χ1) is 12.7. The molecule has 0 aliphatic heterocycles. The van der Waals surface area contributed by atoms with Gasteiger partial charge in [-0.2, -0.15) is 0 Å². The van der Waals surface area contributed by atoms with Gasteiger partial charge in [0.15, 0.2) is 0 Å². The van der Waals surface area contributed by atoms with Crippen molar-refractivity contribution < 1.29 is 13.2 Å². The Hall–Kier alpha value is -1.24. The summed E-state index contributed by atoms with van der Waals surface area (Å²) in [5.74, 6) is -0.338. The SMILES string of the molecule is CC[C@H](C(=O)NCCC1=CCCCC1)N(c1cc(Cl)ccc1Cl)S(C)(=O)=O. The van der Waals surface area contributed by atoms with E-state index in [1.807, 2.05) is 0 Å². The summed E-state index contributed by atoms with van der Waals surface area (Å²) < 4.78 is 26.0. The van der Waals surface area contributed by atoms with Crippen LogP contribution in [0, 0.1) is 0 Å². The second kappa shape index (κ2) is 9.80. The second-order valence-corrected chi connectivity index (χ2v) is 9.43. The maximum absolute atomic E-state index is 12.8. The molecule has 0 saturated heterocycles. The number of benzene rings is 1. The fourth-order valence-electron chi connectivity index (χ4n) is 3.29. The minimum Gasteiger partial charge on any atom is -0.354 e. The number of carbonyl (C=O) groups excluding carboxylic acids is 1. The van der Waals surface area contributed by atoms with Gasteiger partial charge in [-0.15, -0.1) is 0 Å². The molecule has 150 valence electrons. The molecule has 0 radical (unpaired) electrons. The molecular weight excluding hydrogens is 407 g/mol. The largest absolute Gasteiger partial charge is 0.354 e. The standard InChI is InChI=1S/C19H26Cl2N2O3S/c1-3-17(19(24)22-12-11-14-7-5-4-6-8-14)23(27(2,25)26)18-13-15(20)9-10-16(18)21/h7,9-10,13,17H,3-6,8,11-12H2,1-2H3,(H,22,24)/t17-/m1/s1. The average Bonchev–Trinajstić information content (AvgIpc) is 2.61. The number of amides is 1. The van der Waals surface area contributed by atoms with E-state index in [1.165, 1.54) is 30.5 Å². The maximum Gasteiger partial charge on any atom is 0.243 e. The molecule has 0 fully saturated rings. The number of rotatable bonds is 8. The molecule has 0 unspecified atom stereocenters. The lowest BCUT2D eigenvalue weighted by molar-refractivity contribution is -0.122. The van der Waals surface area contributed by atoms with E-state index in [4.69, 9.17) is 23.2 Å². The fourth-order valence-corrected chi connectivity index (χ4v) is 4.93. The van der Waals surface area contributed by atoms with E-state index in [1.54, 1.807) is 13.0 Å². The number of nitrogens with one attached hydrogen (secondary N) is 1. The summed E-state index contributed by atoms with van der Waals surface area (Å²) in [6, 6.07) is 3.68. The number of carbonyl (C=O) groups is 1. The van der Waals surface area contributed by atoms with Crippen molar-refractivity contribution in [2.45, 2.75) is 51.5 Å². The highest BCUT2D eigenvalue weighted by Crippen LogP contribution is 2.33. The molecule has 0 spiro atoms. The van der Waals surface area contributed by atoms with Crippen molar-refractivity contribution in [1.82, 2.24) is 5.32 Å². The summed E-state index contributed by atoms with van der Waals surface area (Å²) in [5, 5.41) is 3.45. The molecule has 0 saturated carbocycles. The Morgan fingerprint density at radius 3 is 2.63 bits per heavy atom. The van der Waals surface area contributed by atoms with Crippen LogP contribution < -0.4 is 9.62 Å². The first kappa shape index (κ1) is 22.1. The van der Waals surface area contributed by atoms with Gasteiger partial charge in [-0.05, 0) is 56.7 Å². The van der Waals surface area contributed by atoms with Crippen molar-refractivity contribution in [2.75, 3.05) is 17.1 Å². The molecule has 1 amide bonds. The van der Waals surface area contributed by atoms with E-state index in [-0.39, 0.29) is 16.6 Å². The molecular formula is C19H26Cl2N2O3S. The summed E-state index contributed by atoms with van der Waals surface area (Å²) in [6.45, 7) is 2.26. The third-order valence-electron chi connectivity index (χ3n) is 4.61. The van der Waals surface area contributed by atoms with Crippen LogP contribution >= 0.6 is 23.2 Å². The normalized spacial score (nSPS) is 15.8. The van der Waals surface area contributed by atoms with Crippen LogP contribution in [0.3, 0.4) is 0 Å². The highest BCUT2D eigenvalue weighted by Gasteiger charge is 2.32. The number of hydrogen-bond donors (Lipinski definition) is 1. The van der Waals surface area contributed by atoms with Crippen LogP contribution in [0.1, 0.15) is 45.4 Å². The van der Waals surface area contributed by atoms with Crippen LogP contribution in [0.4, 0.5) is 5.69 Å². The Morgan fingerprint density at radius 2 is 2.04 bits per heavy atom. The van der Waals surface area contributed by atoms with Crippen LogP contribution in [-0.2, 0) is 14.8 Å². The van der Waals surface area contributed by atoms with Crippen LogP contribution in [0.2, 0.25) is 10.0 Å². The molecule has 0 bridgehead atoms. The zero-order chi connectivity index (χ0) is 20.0. The summed E-state index contributed by atoms with van der Waals surface area (Å²) in [5.41, 5.74) is 1.57. The van der Waals surface area contributed by atoms with Gasteiger partial charge in [0.25, 0.3) is 0 Å². The third kappa shape index (κ3) is 6.13. The molecule has 1 aromatic carbocycles. The number of halogens is 2. The van der Waals surface area contributed by atoms with E-state index < -0.39 is 16.1 Å². The van der Waals surface area contributed by atoms with Crippen molar-refractivity contribution in [3.05, 3.63) is 39.9 Å². The van der Waals surface area contributed by atoms with Crippen LogP contribution in [0.25, 0.3) is 0 Å². The third-order valence-corrected chi connectivity index (χ3v) is 6.33. The minimum atomic E-state index is -3.74. The van der Waals surface area contributed by atoms with Crippen molar-refractivity contribution in [2.24, 2.45) is 0 Å². The van der Waals surface area contributed by atoms with Crippen molar-refractivity contribution in [3.63, 3.8) is 0 Å². The van der Waals surface area contributed by atoms with Gasteiger partial charge < -0.3 is 5.32 Å². The molecule has 1 aliphatic rings. The Balaban J connectivity index is 2.18. The van der Waals surface area contributed by atoms with Gasteiger partial charge in [0.2, 0.25) is 15.9 Å². The Morgan fingerprint density at radius 1 is 1.30 bits per heavy atom. The first-order valence-electron chi connectivity index (χ1n) is 9.14. The van der Waals surface area contributed by atoms with E-state index >= 15 is 0 Å². The van der Waals surface area contributed by atoms with Gasteiger partial charge in [0.1, 0.15) is 6.04 Å². The number of hydrogen-bond acceptors (Lipinski definition) is 3. The molecule has 1 aliphatic carbocycles. The summed E-state index contributed by atoms with van der Waals surface area (Å²) >= 11 is 12.2. The van der Waals surface area contributed by atoms with Gasteiger partial charge >= 0.3 is 0 Å². The second-order valence-electron chi connectivity index (χ2n) is 6.73. The monoisotopic (exact) mass is 432 g/mol. The molecule has 27 heavy (non-hydrogen) atoms.